The van der Waals surface area contributed by atoms with Crippen molar-refractivity contribution in [3.63, 3.8) is 0 Å². The van der Waals surface area contributed by atoms with Gasteiger partial charge >= 0.3 is 0 Å². The average Bonchev–Trinajstić information content (AvgIpc) is 2.42. The first-order valence-electron chi connectivity index (χ1n) is 6.46. The zero-order chi connectivity index (χ0) is 13.4. The van der Waals surface area contributed by atoms with E-state index in [1.54, 1.807) is 6.07 Å². The second-order valence-electron chi connectivity index (χ2n) is 4.64. The Morgan fingerprint density at radius 2 is 1.95 bits per heavy atom. The lowest BCUT2D eigenvalue weighted by atomic mass is 9.96. The Hall–Kier alpha value is -2.10. The predicted molar refractivity (Wildman–Crippen MR) is 70.7 cm³/mol. The van der Waals surface area contributed by atoms with E-state index in [1.165, 1.54) is 0 Å². The van der Waals surface area contributed by atoms with Gasteiger partial charge in [0, 0.05) is 16.9 Å². The molecule has 1 aromatic carbocycles. The first kappa shape index (κ1) is 12.0. The summed E-state index contributed by atoms with van der Waals surface area (Å²) in [5, 5.41) is 1.60. The van der Waals surface area contributed by atoms with E-state index in [2.05, 4.69) is 18.5 Å². The van der Waals surface area contributed by atoms with Gasteiger partial charge in [-0.15, -0.1) is 0 Å². The molecule has 1 aromatic rings. The molecule has 0 bridgehead atoms. The van der Waals surface area contributed by atoms with E-state index in [0.29, 0.717) is 29.9 Å². The number of carbonyl (C=O) groups is 1. The molecule has 0 fully saturated rings. The third-order valence-corrected chi connectivity index (χ3v) is 3.33. The number of benzene rings is 1. The largest absolute Gasteiger partial charge is 0.486 e. The average molecular weight is 257 g/mol. The number of hydrogen-bond acceptors (Lipinski definition) is 3. The van der Waals surface area contributed by atoms with Crippen molar-refractivity contribution >= 4 is 11.5 Å². The number of ether oxygens (including phenoxy) is 2. The van der Waals surface area contributed by atoms with Crippen LogP contribution in [0.15, 0.2) is 29.3 Å². The Balaban J connectivity index is 2.31. The van der Waals surface area contributed by atoms with Crippen molar-refractivity contribution < 1.29 is 14.3 Å². The zero-order valence-electron chi connectivity index (χ0n) is 10.9. The molecular weight excluding hydrogens is 242 g/mol. The molecule has 98 valence electrons. The normalized spacial score (nSPS) is 17.0. The van der Waals surface area contributed by atoms with Crippen LogP contribution < -0.4 is 20.0 Å². The molecule has 1 amide bonds. The van der Waals surface area contributed by atoms with Gasteiger partial charge in [-0.05, 0) is 18.1 Å². The Morgan fingerprint density at radius 3 is 2.63 bits per heavy atom. The Bertz CT molecular complexity index is 688. The lowest BCUT2D eigenvalue weighted by Crippen LogP contribution is -2.35. The molecule has 0 radical (unpaired) electrons. The van der Waals surface area contributed by atoms with Crippen LogP contribution in [0.5, 0.6) is 11.5 Å². The smallest absolute Gasteiger partial charge is 0.277 e. The topological polar surface area (TPSA) is 47.9 Å². The minimum Gasteiger partial charge on any atom is -0.486 e. The molecule has 0 unspecified atom stereocenters. The van der Waals surface area contributed by atoms with Gasteiger partial charge < -0.3 is 9.47 Å². The van der Waals surface area contributed by atoms with E-state index in [9.17, 15) is 4.79 Å². The lowest BCUT2D eigenvalue weighted by molar-refractivity contribution is -0.114. The summed E-state index contributed by atoms with van der Waals surface area (Å²) in [6, 6.07) is 3.69. The third-order valence-electron chi connectivity index (χ3n) is 3.33. The summed E-state index contributed by atoms with van der Waals surface area (Å²) < 4.78 is 11.1. The highest BCUT2D eigenvalue weighted by Gasteiger charge is 2.20. The highest BCUT2D eigenvalue weighted by atomic mass is 16.6. The molecule has 2 aliphatic rings. The van der Waals surface area contributed by atoms with E-state index in [4.69, 9.17) is 9.47 Å². The third kappa shape index (κ3) is 1.93. The number of rotatable bonds is 2. The van der Waals surface area contributed by atoms with Gasteiger partial charge in [-0.3, -0.25) is 4.79 Å². The molecule has 0 saturated carbocycles. The van der Waals surface area contributed by atoms with Crippen molar-refractivity contribution in [1.82, 2.24) is 0 Å². The van der Waals surface area contributed by atoms with Crippen LogP contribution in [-0.4, -0.2) is 19.1 Å². The van der Waals surface area contributed by atoms with Crippen LogP contribution in [0.1, 0.15) is 19.8 Å². The number of amides is 1. The zero-order valence-corrected chi connectivity index (χ0v) is 10.9. The molecule has 4 nitrogen and oxygen atoms in total. The Kier molecular flexibility index (Phi) is 2.85. The summed E-state index contributed by atoms with van der Waals surface area (Å²) in [7, 11) is 0. The summed E-state index contributed by atoms with van der Waals surface area (Å²) in [6.45, 7) is 7.00. The molecule has 0 saturated heterocycles. The van der Waals surface area contributed by atoms with Crippen LogP contribution in [0.4, 0.5) is 0 Å². The maximum Gasteiger partial charge on any atom is 0.277 e. The number of hydrogen-bond donors (Lipinski definition) is 0. The van der Waals surface area contributed by atoms with Crippen LogP contribution in [-0.2, 0) is 4.79 Å². The SMILES string of the molecule is C=C1C(=O)N=c2cc3c(cc2=C1CCC)OCCO3. The highest BCUT2D eigenvalue weighted by Crippen LogP contribution is 2.27. The minimum absolute atomic E-state index is 0.257. The molecular formula is C15H15NO3. The number of nitrogens with zero attached hydrogens (tertiary/aromatic N) is 1. The molecule has 0 N–H and O–H groups in total. The molecule has 0 spiro atoms. The summed E-state index contributed by atoms with van der Waals surface area (Å²) in [5.74, 6) is 1.12. The molecule has 19 heavy (non-hydrogen) atoms. The highest BCUT2D eigenvalue weighted by molar-refractivity contribution is 6.06. The van der Waals surface area contributed by atoms with Crippen LogP contribution in [0.3, 0.4) is 0 Å². The minimum atomic E-state index is -0.257. The predicted octanol–water partition coefficient (Wildman–Crippen LogP) is 1.12. The fourth-order valence-corrected chi connectivity index (χ4v) is 2.42. The van der Waals surface area contributed by atoms with Gasteiger partial charge in [-0.1, -0.05) is 19.9 Å². The number of carbonyl (C=O) groups excluding carboxylic acids is 1. The maximum absolute atomic E-state index is 11.9. The molecule has 0 aliphatic carbocycles. The fourth-order valence-electron chi connectivity index (χ4n) is 2.42. The van der Waals surface area contributed by atoms with Crippen molar-refractivity contribution in [3.8, 4) is 11.5 Å². The fraction of sp³-hybridized carbons (Fsp3) is 0.333. The Morgan fingerprint density at radius 1 is 1.26 bits per heavy atom. The maximum atomic E-state index is 11.9. The van der Waals surface area contributed by atoms with Crippen LogP contribution >= 0.6 is 0 Å². The van der Waals surface area contributed by atoms with Gasteiger partial charge in [-0.25, -0.2) is 4.99 Å². The summed E-state index contributed by atoms with van der Waals surface area (Å²) in [4.78, 5) is 15.9. The summed E-state index contributed by atoms with van der Waals surface area (Å²) in [5.41, 5.74) is 1.46. The standard InChI is InChI=1S/C15H15NO3/c1-3-4-10-9(2)15(17)16-12-8-14-13(7-11(10)12)18-5-6-19-14/h7-8H,2-6H2,1H3. The molecule has 2 aliphatic heterocycles. The first-order chi connectivity index (χ1) is 9.20. The van der Waals surface area contributed by atoms with Gasteiger partial charge in [0.2, 0.25) is 0 Å². The van der Waals surface area contributed by atoms with Crippen LogP contribution in [0, 0.1) is 0 Å². The number of fused-ring (bicyclic) bond motifs is 2. The second kappa shape index (κ2) is 4.53. The van der Waals surface area contributed by atoms with Crippen molar-refractivity contribution in [3.05, 3.63) is 34.9 Å². The second-order valence-corrected chi connectivity index (χ2v) is 4.64. The van der Waals surface area contributed by atoms with E-state index in [0.717, 1.165) is 29.4 Å². The molecule has 3 rings (SSSR count). The van der Waals surface area contributed by atoms with Crippen LogP contribution in [0.2, 0.25) is 0 Å². The van der Waals surface area contributed by atoms with Gasteiger partial charge in [0.15, 0.2) is 11.5 Å². The van der Waals surface area contributed by atoms with E-state index in [1.807, 2.05) is 6.07 Å². The van der Waals surface area contributed by atoms with Gasteiger partial charge in [0.25, 0.3) is 5.91 Å². The first-order valence-corrected chi connectivity index (χ1v) is 6.46. The van der Waals surface area contributed by atoms with E-state index < -0.39 is 0 Å². The molecule has 0 aromatic heterocycles. The van der Waals surface area contributed by atoms with Crippen molar-refractivity contribution in [2.24, 2.45) is 4.99 Å². The molecule has 0 atom stereocenters. The molecule has 4 heteroatoms. The Labute approximate surface area is 111 Å². The van der Waals surface area contributed by atoms with Crippen molar-refractivity contribution in [2.75, 3.05) is 13.2 Å². The van der Waals surface area contributed by atoms with Crippen LogP contribution in [0.25, 0.3) is 5.57 Å². The summed E-state index contributed by atoms with van der Waals surface area (Å²) in [6.07, 6.45) is 1.77. The summed E-state index contributed by atoms with van der Waals surface area (Å²) >= 11 is 0. The van der Waals surface area contributed by atoms with Crippen molar-refractivity contribution in [1.29, 1.82) is 0 Å². The lowest BCUT2D eigenvalue weighted by Gasteiger charge is -2.19. The van der Waals surface area contributed by atoms with E-state index in [-0.39, 0.29) is 5.91 Å². The monoisotopic (exact) mass is 257 g/mol. The van der Waals surface area contributed by atoms with Gasteiger partial charge in [-0.2, -0.15) is 0 Å². The van der Waals surface area contributed by atoms with E-state index >= 15 is 0 Å². The van der Waals surface area contributed by atoms with Gasteiger partial charge in [0.1, 0.15) is 13.2 Å². The van der Waals surface area contributed by atoms with Gasteiger partial charge in [0.05, 0.1) is 5.36 Å². The van der Waals surface area contributed by atoms with Crippen molar-refractivity contribution in [2.45, 2.75) is 19.8 Å². The quantitative estimate of drug-likeness (QED) is 0.746. The molecule has 2 heterocycles.